The van der Waals surface area contributed by atoms with Crippen LogP contribution in [-0.4, -0.2) is 16.6 Å². The Balaban J connectivity index is 1.98. The van der Waals surface area contributed by atoms with Gasteiger partial charge in [-0.1, -0.05) is 18.2 Å². The molecule has 0 fully saturated rings. The lowest BCUT2D eigenvalue weighted by Gasteiger charge is -2.13. The maximum atomic E-state index is 13.0. The van der Waals surface area contributed by atoms with Crippen molar-refractivity contribution in [3.63, 3.8) is 0 Å². The molecule has 1 atom stereocenters. The van der Waals surface area contributed by atoms with Gasteiger partial charge in [0.1, 0.15) is 11.6 Å². The largest absolute Gasteiger partial charge is 0.387 e. The predicted molar refractivity (Wildman–Crippen MR) is 68.8 cm³/mol. The molecule has 0 aliphatic rings. The second kappa shape index (κ2) is 5.60. The van der Waals surface area contributed by atoms with E-state index in [2.05, 4.69) is 10.3 Å². The fraction of sp³-hybridized carbons (Fsp3) is 0.214. The van der Waals surface area contributed by atoms with E-state index in [9.17, 15) is 9.50 Å². The van der Waals surface area contributed by atoms with Gasteiger partial charge in [-0.05, 0) is 36.8 Å². The molecule has 0 saturated carbocycles. The molecule has 2 N–H and O–H groups in total. The first-order valence-corrected chi connectivity index (χ1v) is 5.76. The molecule has 0 radical (unpaired) electrons. The van der Waals surface area contributed by atoms with Crippen LogP contribution in [0.5, 0.6) is 0 Å². The number of aryl methyl sites for hydroxylation is 1. The van der Waals surface area contributed by atoms with Crippen molar-refractivity contribution in [3.8, 4) is 0 Å². The second-order valence-corrected chi connectivity index (χ2v) is 4.12. The van der Waals surface area contributed by atoms with Gasteiger partial charge in [-0.15, -0.1) is 0 Å². The summed E-state index contributed by atoms with van der Waals surface area (Å²) in [6, 6.07) is 11.6. The van der Waals surface area contributed by atoms with Crippen LogP contribution >= 0.6 is 0 Å². The Kier molecular flexibility index (Phi) is 3.89. The Morgan fingerprint density at radius 1 is 1.28 bits per heavy atom. The molecule has 0 saturated heterocycles. The second-order valence-electron chi connectivity index (χ2n) is 4.12. The minimum atomic E-state index is -0.761. The molecule has 2 rings (SSSR count). The number of nitrogens with zero attached hydrogens (tertiary/aromatic N) is 1. The number of aliphatic hydroxyl groups is 1. The highest BCUT2D eigenvalue weighted by Gasteiger charge is 2.08. The summed E-state index contributed by atoms with van der Waals surface area (Å²) in [5.74, 6) is 0.352. The zero-order chi connectivity index (χ0) is 13.0. The van der Waals surface area contributed by atoms with E-state index in [4.69, 9.17) is 0 Å². The van der Waals surface area contributed by atoms with Gasteiger partial charge in [0.15, 0.2) is 0 Å². The SMILES string of the molecule is Cc1cccc(NCC(O)c2cccc(F)c2)n1. The number of pyridine rings is 1. The van der Waals surface area contributed by atoms with Crippen molar-refractivity contribution in [3.05, 3.63) is 59.5 Å². The third-order valence-corrected chi connectivity index (χ3v) is 2.60. The van der Waals surface area contributed by atoms with Gasteiger partial charge in [-0.3, -0.25) is 0 Å². The van der Waals surface area contributed by atoms with Gasteiger partial charge in [0.05, 0.1) is 6.10 Å². The van der Waals surface area contributed by atoms with Gasteiger partial charge in [0.25, 0.3) is 0 Å². The molecular weight excluding hydrogens is 231 g/mol. The topological polar surface area (TPSA) is 45.1 Å². The maximum absolute atomic E-state index is 13.0. The van der Waals surface area contributed by atoms with Gasteiger partial charge in [-0.25, -0.2) is 9.37 Å². The molecule has 0 bridgehead atoms. The van der Waals surface area contributed by atoms with Gasteiger partial charge in [0.2, 0.25) is 0 Å². The Morgan fingerprint density at radius 2 is 2.06 bits per heavy atom. The number of rotatable bonds is 4. The number of hydrogen-bond acceptors (Lipinski definition) is 3. The van der Waals surface area contributed by atoms with Crippen LogP contribution in [0.1, 0.15) is 17.4 Å². The number of benzene rings is 1. The first kappa shape index (κ1) is 12.5. The first-order valence-electron chi connectivity index (χ1n) is 5.76. The summed E-state index contributed by atoms with van der Waals surface area (Å²) in [7, 11) is 0. The van der Waals surface area contributed by atoms with Crippen LogP contribution in [0, 0.1) is 12.7 Å². The highest BCUT2D eigenvalue weighted by atomic mass is 19.1. The van der Waals surface area contributed by atoms with Crippen LogP contribution in [0.25, 0.3) is 0 Å². The molecule has 3 nitrogen and oxygen atoms in total. The third kappa shape index (κ3) is 3.28. The lowest BCUT2D eigenvalue weighted by atomic mass is 10.1. The van der Waals surface area contributed by atoms with Crippen molar-refractivity contribution < 1.29 is 9.50 Å². The molecule has 0 amide bonds. The molecule has 4 heteroatoms. The van der Waals surface area contributed by atoms with Crippen molar-refractivity contribution in [1.82, 2.24) is 4.98 Å². The number of hydrogen-bond donors (Lipinski definition) is 2. The molecule has 1 unspecified atom stereocenters. The molecule has 1 aromatic carbocycles. The monoisotopic (exact) mass is 246 g/mol. The number of nitrogens with one attached hydrogen (secondary N) is 1. The number of aliphatic hydroxyl groups excluding tert-OH is 1. The van der Waals surface area contributed by atoms with Gasteiger partial charge < -0.3 is 10.4 Å². The van der Waals surface area contributed by atoms with Crippen molar-refractivity contribution in [2.24, 2.45) is 0 Å². The average Bonchev–Trinajstić information content (AvgIpc) is 2.36. The van der Waals surface area contributed by atoms with Crippen LogP contribution in [-0.2, 0) is 0 Å². The van der Waals surface area contributed by atoms with E-state index in [1.807, 2.05) is 25.1 Å². The van der Waals surface area contributed by atoms with E-state index in [1.165, 1.54) is 12.1 Å². The standard InChI is InChI=1S/C14H15FN2O/c1-10-4-2-7-14(17-10)16-9-13(18)11-5-3-6-12(15)8-11/h2-8,13,18H,9H2,1H3,(H,16,17). The third-order valence-electron chi connectivity index (χ3n) is 2.60. The number of anilines is 1. The highest BCUT2D eigenvalue weighted by Crippen LogP contribution is 2.15. The molecule has 94 valence electrons. The normalized spacial score (nSPS) is 12.2. The van der Waals surface area contributed by atoms with Crippen LogP contribution < -0.4 is 5.32 Å². The quantitative estimate of drug-likeness (QED) is 0.871. The molecular formula is C14H15FN2O. The first-order chi connectivity index (χ1) is 8.65. The van der Waals surface area contributed by atoms with Crippen molar-refractivity contribution in [2.75, 3.05) is 11.9 Å². The molecule has 0 aliphatic heterocycles. The number of aromatic nitrogens is 1. The van der Waals surface area contributed by atoms with Crippen LogP contribution in [0.15, 0.2) is 42.5 Å². The lowest BCUT2D eigenvalue weighted by molar-refractivity contribution is 0.191. The fourth-order valence-corrected chi connectivity index (χ4v) is 1.67. The van der Waals surface area contributed by atoms with E-state index < -0.39 is 6.10 Å². The zero-order valence-corrected chi connectivity index (χ0v) is 10.1. The van der Waals surface area contributed by atoms with E-state index >= 15 is 0 Å². The Morgan fingerprint density at radius 3 is 2.78 bits per heavy atom. The molecule has 18 heavy (non-hydrogen) atoms. The van der Waals surface area contributed by atoms with Crippen molar-refractivity contribution in [2.45, 2.75) is 13.0 Å². The summed E-state index contributed by atoms with van der Waals surface area (Å²) in [4.78, 5) is 4.26. The molecule has 2 aromatic rings. The van der Waals surface area contributed by atoms with E-state index in [1.54, 1.807) is 12.1 Å². The van der Waals surface area contributed by atoms with Gasteiger partial charge in [-0.2, -0.15) is 0 Å². The number of halogens is 1. The lowest BCUT2D eigenvalue weighted by Crippen LogP contribution is -2.13. The minimum Gasteiger partial charge on any atom is -0.387 e. The van der Waals surface area contributed by atoms with E-state index in [0.29, 0.717) is 17.9 Å². The summed E-state index contributed by atoms with van der Waals surface area (Å²) in [6.45, 7) is 2.19. The average molecular weight is 246 g/mol. The highest BCUT2D eigenvalue weighted by molar-refractivity contribution is 5.35. The molecule has 1 heterocycles. The van der Waals surface area contributed by atoms with Crippen molar-refractivity contribution >= 4 is 5.82 Å². The smallest absolute Gasteiger partial charge is 0.126 e. The summed E-state index contributed by atoms with van der Waals surface area (Å²) in [6.07, 6.45) is -0.761. The summed E-state index contributed by atoms with van der Waals surface area (Å²) in [5, 5.41) is 12.9. The van der Waals surface area contributed by atoms with Crippen LogP contribution in [0.4, 0.5) is 10.2 Å². The van der Waals surface area contributed by atoms with Crippen LogP contribution in [0.2, 0.25) is 0 Å². The Hall–Kier alpha value is -1.94. The minimum absolute atomic E-state index is 0.292. The van der Waals surface area contributed by atoms with Gasteiger partial charge in [0, 0.05) is 12.2 Å². The maximum Gasteiger partial charge on any atom is 0.126 e. The van der Waals surface area contributed by atoms with E-state index in [-0.39, 0.29) is 5.82 Å². The van der Waals surface area contributed by atoms with Gasteiger partial charge >= 0.3 is 0 Å². The molecule has 1 aromatic heterocycles. The van der Waals surface area contributed by atoms with Crippen molar-refractivity contribution in [1.29, 1.82) is 0 Å². The summed E-state index contributed by atoms with van der Waals surface area (Å²) in [5.41, 5.74) is 1.45. The zero-order valence-electron chi connectivity index (χ0n) is 10.1. The molecule has 0 aliphatic carbocycles. The summed E-state index contributed by atoms with van der Waals surface area (Å²) < 4.78 is 13.0. The fourth-order valence-electron chi connectivity index (χ4n) is 1.67. The predicted octanol–water partition coefficient (Wildman–Crippen LogP) is 2.67. The molecule has 0 spiro atoms. The van der Waals surface area contributed by atoms with Crippen LogP contribution in [0.3, 0.4) is 0 Å². The Bertz CT molecular complexity index is 531. The Labute approximate surface area is 105 Å². The van der Waals surface area contributed by atoms with E-state index in [0.717, 1.165) is 5.69 Å². The summed E-state index contributed by atoms with van der Waals surface area (Å²) >= 11 is 0.